The molecule has 0 aromatic rings. The number of aliphatic hydroxyl groups is 1. The van der Waals surface area contributed by atoms with Crippen LogP contribution < -0.4 is 0 Å². The van der Waals surface area contributed by atoms with Crippen molar-refractivity contribution in [1.82, 2.24) is 0 Å². The number of ether oxygens (including phenoxy) is 1. The number of rotatable bonds is 2. The maximum atomic E-state index is 11.3. The molecule has 0 unspecified atom stereocenters. The number of hydrogen-bond donors (Lipinski definition) is 1. The van der Waals surface area contributed by atoms with E-state index < -0.39 is 18.0 Å². The molecular weight excluding hydrogens is 160 g/mol. The van der Waals surface area contributed by atoms with Crippen LogP contribution in [0.2, 0.25) is 0 Å². The molecule has 0 spiro atoms. The van der Waals surface area contributed by atoms with Crippen LogP contribution in [-0.2, 0) is 14.3 Å². The average Bonchev–Trinajstić information content (AvgIpc) is 2.46. The molecule has 0 aromatic heterocycles. The molecule has 1 aliphatic carbocycles. The van der Waals surface area contributed by atoms with Gasteiger partial charge in [-0.15, -0.1) is 0 Å². The summed E-state index contributed by atoms with van der Waals surface area (Å²) in [5, 5.41) is 8.97. The quantitative estimate of drug-likeness (QED) is 0.466. The third-order valence-corrected chi connectivity index (χ3v) is 2.39. The lowest BCUT2D eigenvalue weighted by Crippen LogP contribution is -2.39. The largest absolute Gasteiger partial charge is 0.468 e. The second-order valence-corrected chi connectivity index (χ2v) is 3.01. The van der Waals surface area contributed by atoms with E-state index in [1.165, 1.54) is 7.11 Å². The molecule has 1 aliphatic rings. The van der Waals surface area contributed by atoms with Gasteiger partial charge in [0.1, 0.15) is 5.41 Å². The highest BCUT2D eigenvalue weighted by Gasteiger charge is 2.49. The smallest absolute Gasteiger partial charge is 0.321 e. The molecule has 1 rings (SSSR count). The maximum absolute atomic E-state index is 11.3. The van der Waals surface area contributed by atoms with Crippen molar-refractivity contribution in [3.63, 3.8) is 0 Å². The summed E-state index contributed by atoms with van der Waals surface area (Å²) in [4.78, 5) is 22.4. The summed E-state index contributed by atoms with van der Waals surface area (Å²) in [6.07, 6.45) is 1.44. The number of ketones is 1. The van der Waals surface area contributed by atoms with Gasteiger partial charge in [0.25, 0.3) is 0 Å². The van der Waals surface area contributed by atoms with E-state index in [1.807, 2.05) is 0 Å². The number of hydrogen-bond acceptors (Lipinski definition) is 4. The van der Waals surface area contributed by atoms with Crippen LogP contribution in [0.5, 0.6) is 0 Å². The highest BCUT2D eigenvalue weighted by atomic mass is 16.5. The Morgan fingerprint density at radius 3 is 2.75 bits per heavy atom. The Morgan fingerprint density at radius 1 is 1.75 bits per heavy atom. The van der Waals surface area contributed by atoms with Gasteiger partial charge in [0.2, 0.25) is 0 Å². The van der Waals surface area contributed by atoms with Crippen molar-refractivity contribution in [2.24, 2.45) is 5.41 Å². The molecule has 68 valence electrons. The number of carbonyl (C=O) groups excluding carboxylic acids is 2. The molecule has 0 aliphatic heterocycles. The Balaban J connectivity index is 2.88. The van der Waals surface area contributed by atoms with E-state index in [2.05, 4.69) is 4.74 Å². The minimum absolute atomic E-state index is 0.197. The van der Waals surface area contributed by atoms with Crippen LogP contribution in [0, 0.1) is 5.41 Å². The fourth-order valence-electron chi connectivity index (χ4n) is 1.57. The monoisotopic (exact) mass is 172 g/mol. The number of Topliss-reactive ketones (excluding diaryl/α,β-unsaturated/α-hetero) is 1. The molecule has 12 heavy (non-hydrogen) atoms. The summed E-state index contributed by atoms with van der Waals surface area (Å²) in [5.41, 5.74) is -1.24. The first kappa shape index (κ1) is 9.19. The number of methoxy groups -OCH3 is 1. The van der Waals surface area contributed by atoms with Crippen molar-refractivity contribution in [3.05, 3.63) is 0 Å². The van der Waals surface area contributed by atoms with Gasteiger partial charge in [0.15, 0.2) is 5.78 Å². The first-order valence-electron chi connectivity index (χ1n) is 3.90. The topological polar surface area (TPSA) is 63.6 Å². The molecule has 1 atom stereocenters. The van der Waals surface area contributed by atoms with E-state index in [1.54, 1.807) is 0 Å². The van der Waals surface area contributed by atoms with Crippen molar-refractivity contribution in [3.8, 4) is 0 Å². The summed E-state index contributed by atoms with van der Waals surface area (Å²) in [6, 6.07) is 0. The average molecular weight is 172 g/mol. The number of esters is 1. The molecule has 1 fully saturated rings. The molecule has 4 nitrogen and oxygen atoms in total. The summed E-state index contributed by atoms with van der Waals surface area (Å²) in [7, 11) is 1.23. The summed E-state index contributed by atoms with van der Waals surface area (Å²) >= 11 is 0. The zero-order valence-electron chi connectivity index (χ0n) is 7.00. The minimum atomic E-state index is -1.24. The molecule has 1 N–H and O–H groups in total. The molecule has 0 aromatic carbocycles. The van der Waals surface area contributed by atoms with Crippen LogP contribution >= 0.6 is 0 Å². The van der Waals surface area contributed by atoms with Crippen molar-refractivity contribution >= 4 is 11.8 Å². The van der Waals surface area contributed by atoms with E-state index in [9.17, 15) is 9.59 Å². The fraction of sp³-hybridized carbons (Fsp3) is 0.750. The van der Waals surface area contributed by atoms with E-state index in [4.69, 9.17) is 5.11 Å². The zero-order valence-corrected chi connectivity index (χ0v) is 7.00. The van der Waals surface area contributed by atoms with Gasteiger partial charge in [0, 0.05) is 6.42 Å². The normalized spacial score (nSPS) is 29.0. The van der Waals surface area contributed by atoms with Gasteiger partial charge in [-0.3, -0.25) is 9.59 Å². The van der Waals surface area contributed by atoms with E-state index in [-0.39, 0.29) is 5.78 Å². The number of aliphatic hydroxyl groups excluding tert-OH is 1. The molecule has 0 bridgehead atoms. The van der Waals surface area contributed by atoms with E-state index >= 15 is 0 Å². The predicted octanol–water partition coefficient (Wildman–Crippen LogP) is -0.109. The first-order chi connectivity index (χ1) is 5.67. The first-order valence-corrected chi connectivity index (χ1v) is 3.90. The molecular formula is C8H12O4. The predicted molar refractivity (Wildman–Crippen MR) is 40.4 cm³/mol. The Kier molecular flexibility index (Phi) is 2.47. The van der Waals surface area contributed by atoms with Crippen molar-refractivity contribution in [2.75, 3.05) is 13.7 Å². The zero-order chi connectivity index (χ0) is 9.19. The molecule has 4 heteroatoms. The molecule has 0 heterocycles. The third kappa shape index (κ3) is 1.12. The number of carbonyl (C=O) groups is 2. The lowest BCUT2D eigenvalue weighted by atomic mass is 9.86. The molecule has 0 saturated heterocycles. The summed E-state index contributed by atoms with van der Waals surface area (Å²) in [5.74, 6) is -0.802. The van der Waals surface area contributed by atoms with Crippen LogP contribution in [0.1, 0.15) is 19.3 Å². The minimum Gasteiger partial charge on any atom is -0.468 e. The molecule has 0 amide bonds. The van der Waals surface area contributed by atoms with Crippen LogP contribution in [0.15, 0.2) is 0 Å². The fourth-order valence-corrected chi connectivity index (χ4v) is 1.57. The summed E-state index contributed by atoms with van der Waals surface area (Å²) < 4.78 is 4.48. The van der Waals surface area contributed by atoms with E-state index in [0.717, 1.165) is 0 Å². The highest BCUT2D eigenvalue weighted by Crippen LogP contribution is 2.35. The Hall–Kier alpha value is -0.900. The van der Waals surface area contributed by atoms with Gasteiger partial charge in [-0.1, -0.05) is 0 Å². The molecule has 1 saturated carbocycles. The van der Waals surface area contributed by atoms with Crippen molar-refractivity contribution in [1.29, 1.82) is 0 Å². The second-order valence-electron chi connectivity index (χ2n) is 3.01. The Labute approximate surface area is 70.5 Å². The van der Waals surface area contributed by atoms with Gasteiger partial charge in [0.05, 0.1) is 13.7 Å². The van der Waals surface area contributed by atoms with Crippen LogP contribution in [0.3, 0.4) is 0 Å². The van der Waals surface area contributed by atoms with Gasteiger partial charge >= 0.3 is 5.97 Å². The van der Waals surface area contributed by atoms with Gasteiger partial charge in [-0.2, -0.15) is 0 Å². The Morgan fingerprint density at radius 2 is 2.42 bits per heavy atom. The SMILES string of the molecule is COC(=O)[C@@]1(CO)CCCC1=O. The van der Waals surface area contributed by atoms with Gasteiger partial charge in [-0.25, -0.2) is 0 Å². The van der Waals surface area contributed by atoms with Crippen molar-refractivity contribution < 1.29 is 19.4 Å². The maximum Gasteiger partial charge on any atom is 0.321 e. The van der Waals surface area contributed by atoms with Crippen LogP contribution in [-0.4, -0.2) is 30.6 Å². The van der Waals surface area contributed by atoms with Crippen LogP contribution in [0.25, 0.3) is 0 Å². The van der Waals surface area contributed by atoms with Crippen molar-refractivity contribution in [2.45, 2.75) is 19.3 Å². The van der Waals surface area contributed by atoms with Gasteiger partial charge < -0.3 is 9.84 Å². The third-order valence-electron chi connectivity index (χ3n) is 2.39. The standard InChI is InChI=1S/C8H12O4/c1-12-7(11)8(5-9)4-2-3-6(8)10/h9H,2-5H2,1H3/t8-/m1/s1. The highest BCUT2D eigenvalue weighted by molar-refractivity contribution is 6.05. The van der Waals surface area contributed by atoms with Crippen LogP contribution in [0.4, 0.5) is 0 Å². The molecule has 0 radical (unpaired) electrons. The summed E-state index contributed by atoms with van der Waals surface area (Å²) in [6.45, 7) is -0.432. The van der Waals surface area contributed by atoms with Gasteiger partial charge in [-0.05, 0) is 12.8 Å². The van der Waals surface area contributed by atoms with E-state index in [0.29, 0.717) is 19.3 Å². The lowest BCUT2D eigenvalue weighted by Gasteiger charge is -2.20. The second kappa shape index (κ2) is 3.23. The lowest BCUT2D eigenvalue weighted by molar-refractivity contribution is -0.159. The Bertz CT molecular complexity index is 211.